The monoisotopic (exact) mass is 228 g/mol. The third-order valence-electron chi connectivity index (χ3n) is 2.63. The van der Waals surface area contributed by atoms with Crippen LogP contribution >= 0.6 is 0 Å². The van der Waals surface area contributed by atoms with Crippen molar-refractivity contribution in [1.82, 2.24) is 9.97 Å². The molecular weight excluding hydrogens is 212 g/mol. The van der Waals surface area contributed by atoms with Crippen molar-refractivity contribution >= 4 is 17.0 Å². The van der Waals surface area contributed by atoms with Crippen LogP contribution in [0.3, 0.4) is 0 Å². The minimum atomic E-state index is -0.0780. The molecule has 1 N–H and O–H groups in total. The van der Waals surface area contributed by atoms with E-state index < -0.39 is 0 Å². The van der Waals surface area contributed by atoms with E-state index in [-0.39, 0.29) is 5.56 Å². The number of aromatic nitrogens is 2. The summed E-state index contributed by atoms with van der Waals surface area (Å²) in [5.74, 6) is 0.629. The molecule has 0 aliphatic carbocycles. The number of fused-ring (bicyclic) bond motifs is 1. The van der Waals surface area contributed by atoms with E-state index in [0.29, 0.717) is 11.2 Å². The van der Waals surface area contributed by atoms with Gasteiger partial charge in [-0.3, -0.25) is 4.79 Å². The van der Waals surface area contributed by atoms with Gasteiger partial charge in [0.15, 0.2) is 0 Å². The van der Waals surface area contributed by atoms with Gasteiger partial charge < -0.3 is 4.98 Å². The number of benzene rings is 1. The molecule has 0 aliphatic heterocycles. The molecule has 0 radical (unpaired) electrons. The van der Waals surface area contributed by atoms with Gasteiger partial charge >= 0.3 is 0 Å². The molecule has 0 atom stereocenters. The summed E-state index contributed by atoms with van der Waals surface area (Å²) in [4.78, 5) is 18.9. The maximum atomic E-state index is 11.8. The number of hydrogen-bond acceptors (Lipinski definition) is 2. The van der Waals surface area contributed by atoms with Crippen LogP contribution in [0.25, 0.3) is 17.0 Å². The number of unbranched alkanes of at least 4 members (excludes halogenated alkanes) is 2. The average Bonchev–Trinajstić information content (AvgIpc) is 2.35. The second kappa shape index (κ2) is 5.43. The Bertz CT molecular complexity index is 584. The molecule has 2 rings (SSSR count). The summed E-state index contributed by atoms with van der Waals surface area (Å²) < 4.78 is 0. The summed E-state index contributed by atoms with van der Waals surface area (Å²) >= 11 is 0. The molecule has 1 aromatic carbocycles. The Hall–Kier alpha value is -1.90. The Morgan fingerprint density at radius 3 is 3.00 bits per heavy atom. The molecular formula is C14H16N2O. The number of hydrogen-bond donors (Lipinski definition) is 1. The van der Waals surface area contributed by atoms with Crippen molar-refractivity contribution in [3.8, 4) is 0 Å². The Kier molecular flexibility index (Phi) is 3.70. The number of aromatic amines is 1. The predicted molar refractivity (Wildman–Crippen MR) is 70.9 cm³/mol. The van der Waals surface area contributed by atoms with Gasteiger partial charge in [0.2, 0.25) is 0 Å². The highest BCUT2D eigenvalue weighted by atomic mass is 16.1. The average molecular weight is 228 g/mol. The minimum Gasteiger partial charge on any atom is -0.306 e. The van der Waals surface area contributed by atoms with Crippen molar-refractivity contribution in [2.45, 2.75) is 26.2 Å². The molecule has 17 heavy (non-hydrogen) atoms. The lowest BCUT2D eigenvalue weighted by atomic mass is 10.2. The molecule has 0 bridgehead atoms. The van der Waals surface area contributed by atoms with Crippen LogP contribution in [0.1, 0.15) is 32.0 Å². The summed E-state index contributed by atoms with van der Waals surface area (Å²) in [7, 11) is 0. The molecule has 1 heterocycles. The molecule has 3 heteroatoms. The van der Waals surface area contributed by atoms with E-state index >= 15 is 0 Å². The quantitative estimate of drug-likeness (QED) is 0.817. The molecule has 88 valence electrons. The molecule has 0 saturated heterocycles. The van der Waals surface area contributed by atoms with Crippen LogP contribution in [0, 0.1) is 0 Å². The first-order chi connectivity index (χ1) is 8.31. The third kappa shape index (κ3) is 2.81. The first kappa shape index (κ1) is 11.6. The minimum absolute atomic E-state index is 0.0780. The predicted octanol–water partition coefficient (Wildman–Crippen LogP) is 3.13. The van der Waals surface area contributed by atoms with E-state index in [1.807, 2.05) is 24.3 Å². The first-order valence-corrected chi connectivity index (χ1v) is 5.97. The summed E-state index contributed by atoms with van der Waals surface area (Å²) in [6.45, 7) is 2.16. The summed E-state index contributed by atoms with van der Waals surface area (Å²) in [5, 5.41) is 0.637. The van der Waals surface area contributed by atoms with Gasteiger partial charge in [0.1, 0.15) is 5.82 Å². The van der Waals surface area contributed by atoms with Crippen LogP contribution in [0.2, 0.25) is 0 Å². The first-order valence-electron chi connectivity index (χ1n) is 5.97. The normalized spacial score (nSPS) is 11.4. The lowest BCUT2D eigenvalue weighted by Crippen LogP contribution is -2.09. The van der Waals surface area contributed by atoms with Gasteiger partial charge in [-0.1, -0.05) is 38.0 Å². The molecule has 0 aliphatic rings. The lowest BCUT2D eigenvalue weighted by Gasteiger charge is -1.98. The SMILES string of the molecule is CCCC/C=C/c1nc2ccccc2c(=O)[nH]1. The van der Waals surface area contributed by atoms with E-state index in [9.17, 15) is 4.79 Å². The van der Waals surface area contributed by atoms with Crippen molar-refractivity contribution in [2.24, 2.45) is 0 Å². The summed E-state index contributed by atoms with van der Waals surface area (Å²) in [6.07, 6.45) is 7.29. The van der Waals surface area contributed by atoms with E-state index in [4.69, 9.17) is 0 Å². The van der Waals surface area contributed by atoms with Crippen LogP contribution < -0.4 is 5.56 Å². The maximum Gasteiger partial charge on any atom is 0.259 e. The Morgan fingerprint density at radius 2 is 2.18 bits per heavy atom. The van der Waals surface area contributed by atoms with Crippen LogP contribution in [0.5, 0.6) is 0 Å². The molecule has 0 spiro atoms. The second-order valence-corrected chi connectivity index (χ2v) is 4.01. The molecule has 0 fully saturated rings. The smallest absolute Gasteiger partial charge is 0.259 e. The molecule has 0 saturated carbocycles. The highest BCUT2D eigenvalue weighted by Crippen LogP contribution is 2.06. The van der Waals surface area contributed by atoms with Crippen LogP contribution in [0.15, 0.2) is 35.1 Å². The summed E-state index contributed by atoms with van der Waals surface area (Å²) in [5.41, 5.74) is 0.664. The van der Waals surface area contributed by atoms with Gasteiger partial charge in [-0.05, 0) is 24.6 Å². The fraction of sp³-hybridized carbons (Fsp3) is 0.286. The highest BCUT2D eigenvalue weighted by Gasteiger charge is 1.99. The second-order valence-electron chi connectivity index (χ2n) is 4.01. The largest absolute Gasteiger partial charge is 0.306 e. The standard InChI is InChI=1S/C14H16N2O/c1-2-3-4-5-10-13-15-12-9-7-6-8-11(12)14(17)16-13/h5-10H,2-4H2,1H3,(H,15,16,17)/b10-5+. The van der Waals surface area contributed by atoms with E-state index in [0.717, 1.165) is 18.4 Å². The fourth-order valence-electron chi connectivity index (χ4n) is 1.70. The number of para-hydroxylation sites is 1. The number of nitrogens with one attached hydrogen (secondary N) is 1. The van der Waals surface area contributed by atoms with Gasteiger partial charge in [-0.25, -0.2) is 4.98 Å². The van der Waals surface area contributed by atoms with Crippen molar-refractivity contribution in [3.63, 3.8) is 0 Å². The molecule has 3 nitrogen and oxygen atoms in total. The fourth-order valence-corrected chi connectivity index (χ4v) is 1.70. The van der Waals surface area contributed by atoms with E-state index in [2.05, 4.69) is 23.0 Å². The number of nitrogens with zero attached hydrogens (tertiary/aromatic N) is 1. The number of H-pyrrole nitrogens is 1. The third-order valence-corrected chi connectivity index (χ3v) is 2.63. The van der Waals surface area contributed by atoms with Crippen molar-refractivity contribution in [1.29, 1.82) is 0 Å². The van der Waals surface area contributed by atoms with Crippen molar-refractivity contribution in [3.05, 3.63) is 46.5 Å². The molecule has 1 aromatic heterocycles. The molecule has 2 aromatic rings. The van der Waals surface area contributed by atoms with Crippen molar-refractivity contribution < 1.29 is 0 Å². The highest BCUT2D eigenvalue weighted by molar-refractivity contribution is 5.77. The summed E-state index contributed by atoms with van der Waals surface area (Å²) in [6, 6.07) is 7.37. The van der Waals surface area contributed by atoms with Gasteiger partial charge in [-0.2, -0.15) is 0 Å². The lowest BCUT2D eigenvalue weighted by molar-refractivity contribution is 0.816. The van der Waals surface area contributed by atoms with Crippen LogP contribution in [0.4, 0.5) is 0 Å². The zero-order valence-corrected chi connectivity index (χ0v) is 9.94. The van der Waals surface area contributed by atoms with Gasteiger partial charge in [0.05, 0.1) is 10.9 Å². The van der Waals surface area contributed by atoms with Crippen LogP contribution in [-0.4, -0.2) is 9.97 Å². The van der Waals surface area contributed by atoms with E-state index in [1.54, 1.807) is 6.07 Å². The van der Waals surface area contributed by atoms with E-state index in [1.165, 1.54) is 6.42 Å². The van der Waals surface area contributed by atoms with Gasteiger partial charge in [-0.15, -0.1) is 0 Å². The van der Waals surface area contributed by atoms with Gasteiger partial charge in [0, 0.05) is 0 Å². The Morgan fingerprint density at radius 1 is 1.35 bits per heavy atom. The number of rotatable bonds is 4. The Balaban J connectivity index is 2.31. The zero-order chi connectivity index (χ0) is 12.1. The maximum absolute atomic E-state index is 11.8. The van der Waals surface area contributed by atoms with Crippen LogP contribution in [-0.2, 0) is 0 Å². The molecule has 0 amide bonds. The zero-order valence-electron chi connectivity index (χ0n) is 9.94. The van der Waals surface area contributed by atoms with Crippen molar-refractivity contribution in [2.75, 3.05) is 0 Å². The van der Waals surface area contributed by atoms with Gasteiger partial charge in [0.25, 0.3) is 5.56 Å². The molecule has 0 unspecified atom stereocenters. The Labute approximate surface area is 100 Å². The number of allylic oxidation sites excluding steroid dienone is 1. The topological polar surface area (TPSA) is 45.8 Å².